The van der Waals surface area contributed by atoms with Gasteiger partial charge in [0.2, 0.25) is 0 Å². The summed E-state index contributed by atoms with van der Waals surface area (Å²) < 4.78 is 5.69. The first-order chi connectivity index (χ1) is 15.0. The lowest BCUT2D eigenvalue weighted by molar-refractivity contribution is 0.194. The lowest BCUT2D eigenvalue weighted by Crippen LogP contribution is -2.40. The largest absolute Gasteiger partial charge is 0.494 e. The van der Waals surface area contributed by atoms with Gasteiger partial charge >= 0.3 is 6.03 Å². The normalized spacial score (nSPS) is 14.7. The molecule has 5 nitrogen and oxygen atoms in total. The Morgan fingerprint density at radius 3 is 2.58 bits per heavy atom. The average molecular weight is 420 g/mol. The predicted molar refractivity (Wildman–Crippen MR) is 127 cm³/mol. The number of aryl methyl sites for hydroxylation is 2. The molecule has 3 aromatic rings. The van der Waals surface area contributed by atoms with Crippen LogP contribution in [0.1, 0.15) is 55.3 Å². The topological polar surface area (TPSA) is 57.4 Å². The van der Waals surface area contributed by atoms with Gasteiger partial charge in [-0.15, -0.1) is 0 Å². The van der Waals surface area contributed by atoms with Crippen LogP contribution in [0.5, 0.6) is 5.75 Å². The van der Waals surface area contributed by atoms with Gasteiger partial charge in [-0.2, -0.15) is 0 Å². The Balaban J connectivity index is 1.32. The molecule has 31 heavy (non-hydrogen) atoms. The fourth-order valence-electron chi connectivity index (χ4n) is 4.41. The number of fused-ring (bicyclic) bond motifs is 1. The molecule has 1 fully saturated rings. The van der Waals surface area contributed by atoms with Crippen LogP contribution in [0.4, 0.5) is 10.5 Å². The number of nitrogens with one attached hydrogen (secondary N) is 2. The highest BCUT2D eigenvalue weighted by Crippen LogP contribution is 2.34. The Labute approximate surface area is 184 Å². The molecule has 0 atom stereocenters. The number of carbonyl (C=O) groups is 1. The molecule has 0 aliphatic carbocycles. The number of amides is 2. The maximum Gasteiger partial charge on any atom is 0.321 e. The summed E-state index contributed by atoms with van der Waals surface area (Å²) in [5, 5.41) is 4.34. The Bertz CT molecular complexity index is 1030. The number of aromatic nitrogens is 1. The molecule has 2 N–H and O–H groups in total. The lowest BCUT2D eigenvalue weighted by Gasteiger charge is -2.32. The second-order valence-electron chi connectivity index (χ2n) is 8.63. The molecule has 1 saturated heterocycles. The summed E-state index contributed by atoms with van der Waals surface area (Å²) in [6.45, 7) is 8.75. The highest BCUT2D eigenvalue weighted by molar-refractivity contribution is 5.89. The molecule has 1 aliphatic rings. The summed E-state index contributed by atoms with van der Waals surface area (Å²) in [6.07, 6.45) is 4.12. The number of H-pyrrole nitrogens is 1. The molecule has 0 bridgehead atoms. The van der Waals surface area contributed by atoms with Crippen molar-refractivity contribution in [3.8, 4) is 5.75 Å². The van der Waals surface area contributed by atoms with E-state index < -0.39 is 0 Å². The third kappa shape index (κ3) is 4.87. The number of carbonyl (C=O) groups excluding carboxylic acids is 1. The van der Waals surface area contributed by atoms with Crippen molar-refractivity contribution in [3.63, 3.8) is 0 Å². The van der Waals surface area contributed by atoms with Gasteiger partial charge in [0.1, 0.15) is 5.75 Å². The minimum Gasteiger partial charge on any atom is -0.494 e. The van der Waals surface area contributed by atoms with Crippen LogP contribution in [-0.4, -0.2) is 35.6 Å². The van der Waals surface area contributed by atoms with E-state index in [1.54, 1.807) is 0 Å². The van der Waals surface area contributed by atoms with Gasteiger partial charge in [-0.05, 0) is 75.1 Å². The molecule has 4 rings (SSSR count). The smallest absolute Gasteiger partial charge is 0.321 e. The van der Waals surface area contributed by atoms with Crippen molar-refractivity contribution in [2.75, 3.05) is 25.0 Å². The quantitative estimate of drug-likeness (QED) is 0.456. The van der Waals surface area contributed by atoms with E-state index in [9.17, 15) is 4.79 Å². The standard InChI is InChI=1S/C26H33N3O2/c1-4-5-16-31-22-9-7-21(8-10-22)27-26(30)29-14-12-20(13-15-29)25-19(3)23-17-18(2)6-11-24(23)28-25/h6-11,17,20,28H,4-5,12-16H2,1-3H3,(H,27,30). The number of piperidine rings is 1. The van der Waals surface area contributed by atoms with Gasteiger partial charge in [0.15, 0.2) is 0 Å². The van der Waals surface area contributed by atoms with Gasteiger partial charge in [0, 0.05) is 41.3 Å². The van der Waals surface area contributed by atoms with Gasteiger partial charge in [-0.25, -0.2) is 4.79 Å². The Morgan fingerprint density at radius 2 is 1.87 bits per heavy atom. The number of nitrogens with zero attached hydrogens (tertiary/aromatic N) is 1. The fourth-order valence-corrected chi connectivity index (χ4v) is 4.41. The number of anilines is 1. The molecule has 2 amide bonds. The predicted octanol–water partition coefficient (Wildman–Crippen LogP) is 6.38. The molecule has 1 aromatic heterocycles. The number of benzene rings is 2. The third-order valence-corrected chi connectivity index (χ3v) is 6.32. The summed E-state index contributed by atoms with van der Waals surface area (Å²) in [5.41, 5.74) is 5.98. The second kappa shape index (κ2) is 9.46. The number of ether oxygens (including phenoxy) is 1. The van der Waals surface area contributed by atoms with Crippen LogP contribution >= 0.6 is 0 Å². The number of aromatic amines is 1. The fraction of sp³-hybridized carbons (Fsp3) is 0.423. The zero-order valence-corrected chi connectivity index (χ0v) is 18.8. The maximum absolute atomic E-state index is 12.7. The van der Waals surface area contributed by atoms with E-state index in [1.807, 2.05) is 29.2 Å². The SMILES string of the molecule is CCCCOc1ccc(NC(=O)N2CCC(c3[nH]c4ccc(C)cc4c3C)CC2)cc1. The zero-order valence-electron chi connectivity index (χ0n) is 18.8. The minimum atomic E-state index is -0.0258. The van der Waals surface area contributed by atoms with Crippen molar-refractivity contribution in [2.24, 2.45) is 0 Å². The molecule has 5 heteroatoms. The van der Waals surface area contributed by atoms with Crippen molar-refractivity contribution in [1.29, 1.82) is 0 Å². The van der Waals surface area contributed by atoms with E-state index in [-0.39, 0.29) is 6.03 Å². The Morgan fingerprint density at radius 1 is 1.13 bits per heavy atom. The molecule has 0 saturated carbocycles. The molecule has 0 unspecified atom stereocenters. The number of likely N-dealkylation sites (tertiary alicyclic amines) is 1. The monoisotopic (exact) mass is 419 g/mol. The molecule has 2 heterocycles. The maximum atomic E-state index is 12.7. The van der Waals surface area contributed by atoms with Gasteiger partial charge in [0.25, 0.3) is 0 Å². The molecule has 0 radical (unpaired) electrons. The first-order valence-corrected chi connectivity index (χ1v) is 11.4. The summed E-state index contributed by atoms with van der Waals surface area (Å²) in [5.74, 6) is 1.31. The number of hydrogen-bond acceptors (Lipinski definition) is 2. The highest BCUT2D eigenvalue weighted by Gasteiger charge is 2.26. The van der Waals surface area contributed by atoms with Crippen LogP contribution < -0.4 is 10.1 Å². The molecular weight excluding hydrogens is 386 g/mol. The first kappa shape index (κ1) is 21.3. The van der Waals surface area contributed by atoms with Gasteiger partial charge in [0.05, 0.1) is 6.61 Å². The Kier molecular flexibility index (Phi) is 6.50. The number of unbranched alkanes of at least 4 members (excludes halogenated alkanes) is 1. The van der Waals surface area contributed by atoms with Crippen LogP contribution in [0.25, 0.3) is 10.9 Å². The zero-order chi connectivity index (χ0) is 21.8. The van der Waals surface area contributed by atoms with Crippen molar-refractivity contribution in [1.82, 2.24) is 9.88 Å². The minimum absolute atomic E-state index is 0.0258. The summed E-state index contributed by atoms with van der Waals surface area (Å²) in [4.78, 5) is 18.3. The number of urea groups is 1. The summed E-state index contributed by atoms with van der Waals surface area (Å²) in [7, 11) is 0. The molecule has 0 spiro atoms. The van der Waals surface area contributed by atoms with Crippen molar-refractivity contribution < 1.29 is 9.53 Å². The summed E-state index contributed by atoms with van der Waals surface area (Å²) in [6, 6.07) is 14.2. The molecule has 164 valence electrons. The second-order valence-corrected chi connectivity index (χ2v) is 8.63. The van der Waals surface area contributed by atoms with E-state index in [0.717, 1.165) is 56.8 Å². The van der Waals surface area contributed by atoms with Gasteiger partial charge in [-0.3, -0.25) is 0 Å². The highest BCUT2D eigenvalue weighted by atomic mass is 16.5. The van der Waals surface area contributed by atoms with Crippen LogP contribution in [-0.2, 0) is 0 Å². The van der Waals surface area contributed by atoms with E-state index >= 15 is 0 Å². The van der Waals surface area contributed by atoms with Crippen LogP contribution in [0.15, 0.2) is 42.5 Å². The molecular formula is C26H33N3O2. The van der Waals surface area contributed by atoms with Crippen molar-refractivity contribution in [2.45, 2.75) is 52.4 Å². The first-order valence-electron chi connectivity index (χ1n) is 11.4. The Hall–Kier alpha value is -2.95. The van der Waals surface area contributed by atoms with Crippen LogP contribution in [0, 0.1) is 13.8 Å². The molecule has 2 aromatic carbocycles. The van der Waals surface area contributed by atoms with Crippen molar-refractivity contribution in [3.05, 3.63) is 59.3 Å². The number of hydrogen-bond donors (Lipinski definition) is 2. The van der Waals surface area contributed by atoms with E-state index in [1.165, 1.54) is 27.7 Å². The van der Waals surface area contributed by atoms with Crippen LogP contribution in [0.2, 0.25) is 0 Å². The van der Waals surface area contributed by atoms with Crippen LogP contribution in [0.3, 0.4) is 0 Å². The number of rotatable bonds is 6. The van der Waals surface area contributed by atoms with E-state index in [4.69, 9.17) is 4.74 Å². The van der Waals surface area contributed by atoms with Crippen molar-refractivity contribution >= 4 is 22.6 Å². The molecule has 1 aliphatic heterocycles. The average Bonchev–Trinajstić information content (AvgIpc) is 3.11. The van der Waals surface area contributed by atoms with E-state index in [2.05, 4.69) is 49.3 Å². The lowest BCUT2D eigenvalue weighted by atomic mass is 9.91. The third-order valence-electron chi connectivity index (χ3n) is 6.32. The van der Waals surface area contributed by atoms with E-state index in [0.29, 0.717) is 5.92 Å². The van der Waals surface area contributed by atoms with Gasteiger partial charge in [-0.1, -0.05) is 25.0 Å². The summed E-state index contributed by atoms with van der Waals surface area (Å²) >= 11 is 0. The van der Waals surface area contributed by atoms with Gasteiger partial charge < -0.3 is 19.9 Å².